The van der Waals surface area contributed by atoms with Crippen LogP contribution in [0.3, 0.4) is 0 Å². The fourth-order valence-corrected chi connectivity index (χ4v) is 1.76. The fourth-order valence-electron chi connectivity index (χ4n) is 1.76. The van der Waals surface area contributed by atoms with Crippen LogP contribution >= 0.6 is 0 Å². The minimum absolute atomic E-state index is 0.870. The lowest BCUT2D eigenvalue weighted by molar-refractivity contribution is 0.690. The van der Waals surface area contributed by atoms with Gasteiger partial charge >= 0.3 is 0 Å². The van der Waals surface area contributed by atoms with Gasteiger partial charge in [-0.25, -0.2) is 0 Å². The van der Waals surface area contributed by atoms with E-state index in [4.69, 9.17) is 0 Å². The first-order valence-electron chi connectivity index (χ1n) is 5.49. The molecule has 84 valence electrons. The van der Waals surface area contributed by atoms with Gasteiger partial charge in [0.1, 0.15) is 0 Å². The number of aromatic nitrogens is 2. The summed E-state index contributed by atoms with van der Waals surface area (Å²) < 4.78 is 1.86. The number of nitrogens with zero attached hydrogens (tertiary/aromatic N) is 2. The lowest BCUT2D eigenvalue weighted by Gasteiger charge is -2.03. The molecule has 0 radical (unpaired) electrons. The van der Waals surface area contributed by atoms with Crippen LogP contribution in [-0.2, 0) is 20.1 Å². The molecule has 2 rings (SSSR count). The Bertz CT molecular complexity index is 445. The van der Waals surface area contributed by atoms with E-state index in [1.165, 1.54) is 11.1 Å². The van der Waals surface area contributed by atoms with E-state index >= 15 is 0 Å². The van der Waals surface area contributed by atoms with Crippen molar-refractivity contribution in [1.29, 1.82) is 0 Å². The molecule has 16 heavy (non-hydrogen) atoms. The largest absolute Gasteiger partial charge is 0.308 e. The number of benzene rings is 1. The second kappa shape index (κ2) is 4.94. The molecule has 0 bridgehead atoms. The average Bonchev–Trinajstić information content (AvgIpc) is 2.59. The Morgan fingerprint density at radius 1 is 1.19 bits per heavy atom. The van der Waals surface area contributed by atoms with E-state index in [0.29, 0.717) is 0 Å². The summed E-state index contributed by atoms with van der Waals surface area (Å²) in [6, 6.07) is 10.4. The third-order valence-electron chi connectivity index (χ3n) is 2.60. The van der Waals surface area contributed by atoms with E-state index in [1.807, 2.05) is 24.7 Å². The Hall–Kier alpha value is -1.61. The summed E-state index contributed by atoms with van der Waals surface area (Å²) >= 11 is 0. The SMILES string of the molecule is Cc1nn(C)cc1CNCc1ccccc1. The second-order valence-electron chi connectivity index (χ2n) is 4.00. The van der Waals surface area contributed by atoms with Gasteiger partial charge in [-0.2, -0.15) is 5.10 Å². The van der Waals surface area contributed by atoms with Crippen LogP contribution in [0.5, 0.6) is 0 Å². The molecule has 0 spiro atoms. The molecular weight excluding hydrogens is 198 g/mol. The van der Waals surface area contributed by atoms with Gasteiger partial charge in [-0.15, -0.1) is 0 Å². The molecule has 0 aliphatic carbocycles. The van der Waals surface area contributed by atoms with Crippen molar-refractivity contribution in [3.63, 3.8) is 0 Å². The number of aryl methyl sites for hydroxylation is 2. The second-order valence-corrected chi connectivity index (χ2v) is 4.00. The van der Waals surface area contributed by atoms with Crippen LogP contribution in [0.25, 0.3) is 0 Å². The number of hydrogen-bond acceptors (Lipinski definition) is 2. The van der Waals surface area contributed by atoms with Gasteiger partial charge in [0.15, 0.2) is 0 Å². The molecule has 0 saturated carbocycles. The van der Waals surface area contributed by atoms with Crippen molar-refractivity contribution in [3.05, 3.63) is 53.3 Å². The van der Waals surface area contributed by atoms with Gasteiger partial charge in [0.05, 0.1) is 5.69 Å². The topological polar surface area (TPSA) is 29.9 Å². The molecule has 2 aromatic rings. The Morgan fingerprint density at radius 2 is 1.94 bits per heavy atom. The minimum Gasteiger partial charge on any atom is -0.308 e. The summed E-state index contributed by atoms with van der Waals surface area (Å²) in [5.74, 6) is 0. The highest BCUT2D eigenvalue weighted by Gasteiger charge is 2.01. The van der Waals surface area contributed by atoms with Crippen molar-refractivity contribution in [2.24, 2.45) is 7.05 Å². The summed E-state index contributed by atoms with van der Waals surface area (Å²) in [6.07, 6.45) is 2.06. The van der Waals surface area contributed by atoms with E-state index in [1.54, 1.807) is 0 Å². The first kappa shape index (κ1) is 10.9. The maximum Gasteiger partial charge on any atom is 0.0638 e. The van der Waals surface area contributed by atoms with Crippen molar-refractivity contribution in [3.8, 4) is 0 Å². The quantitative estimate of drug-likeness (QED) is 0.845. The highest BCUT2D eigenvalue weighted by atomic mass is 15.2. The standard InChI is InChI=1S/C13H17N3/c1-11-13(10-16(2)15-11)9-14-8-12-6-4-3-5-7-12/h3-7,10,14H,8-9H2,1-2H3. The van der Waals surface area contributed by atoms with Crippen molar-refractivity contribution >= 4 is 0 Å². The van der Waals surface area contributed by atoms with Crippen molar-refractivity contribution in [1.82, 2.24) is 15.1 Å². The zero-order valence-electron chi connectivity index (χ0n) is 9.77. The van der Waals surface area contributed by atoms with E-state index < -0.39 is 0 Å². The monoisotopic (exact) mass is 215 g/mol. The van der Waals surface area contributed by atoms with Crippen LogP contribution < -0.4 is 5.32 Å². The van der Waals surface area contributed by atoms with Crippen LogP contribution in [-0.4, -0.2) is 9.78 Å². The van der Waals surface area contributed by atoms with Crippen LogP contribution in [0.15, 0.2) is 36.5 Å². The minimum atomic E-state index is 0.870. The Morgan fingerprint density at radius 3 is 2.56 bits per heavy atom. The van der Waals surface area contributed by atoms with Gasteiger partial charge in [-0.05, 0) is 12.5 Å². The van der Waals surface area contributed by atoms with Crippen LogP contribution in [0.2, 0.25) is 0 Å². The summed E-state index contributed by atoms with van der Waals surface area (Å²) in [6.45, 7) is 3.81. The van der Waals surface area contributed by atoms with Crippen LogP contribution in [0.4, 0.5) is 0 Å². The van der Waals surface area contributed by atoms with E-state index in [0.717, 1.165) is 18.8 Å². The maximum absolute atomic E-state index is 4.31. The highest BCUT2D eigenvalue weighted by Crippen LogP contribution is 2.04. The number of nitrogens with one attached hydrogen (secondary N) is 1. The molecule has 1 N–H and O–H groups in total. The normalized spacial score (nSPS) is 10.6. The third kappa shape index (κ3) is 2.70. The van der Waals surface area contributed by atoms with Gasteiger partial charge in [0.25, 0.3) is 0 Å². The molecule has 0 amide bonds. The zero-order valence-corrected chi connectivity index (χ0v) is 9.77. The fraction of sp³-hybridized carbons (Fsp3) is 0.308. The molecule has 1 heterocycles. The van der Waals surface area contributed by atoms with Gasteiger partial charge in [-0.1, -0.05) is 30.3 Å². The lowest BCUT2D eigenvalue weighted by atomic mass is 10.2. The Labute approximate surface area is 96.1 Å². The van der Waals surface area contributed by atoms with Gasteiger partial charge in [0, 0.05) is 31.9 Å². The third-order valence-corrected chi connectivity index (χ3v) is 2.60. The molecule has 3 heteroatoms. The number of rotatable bonds is 4. The lowest BCUT2D eigenvalue weighted by Crippen LogP contribution is -2.12. The molecule has 0 aliphatic heterocycles. The zero-order chi connectivity index (χ0) is 11.4. The van der Waals surface area contributed by atoms with E-state index in [9.17, 15) is 0 Å². The maximum atomic E-state index is 4.31. The molecule has 0 aliphatic rings. The highest BCUT2D eigenvalue weighted by molar-refractivity contribution is 5.17. The van der Waals surface area contributed by atoms with Crippen LogP contribution in [0, 0.1) is 6.92 Å². The molecule has 0 unspecified atom stereocenters. The first-order valence-corrected chi connectivity index (χ1v) is 5.49. The molecule has 0 saturated heterocycles. The van der Waals surface area contributed by atoms with Crippen molar-refractivity contribution < 1.29 is 0 Å². The molecular formula is C13H17N3. The first-order chi connectivity index (χ1) is 7.75. The molecule has 0 atom stereocenters. The smallest absolute Gasteiger partial charge is 0.0638 e. The molecule has 1 aromatic carbocycles. The molecule has 1 aromatic heterocycles. The summed E-state index contributed by atoms with van der Waals surface area (Å²) in [5, 5.41) is 7.73. The van der Waals surface area contributed by atoms with Gasteiger partial charge < -0.3 is 5.32 Å². The van der Waals surface area contributed by atoms with E-state index in [-0.39, 0.29) is 0 Å². The van der Waals surface area contributed by atoms with Crippen LogP contribution in [0.1, 0.15) is 16.8 Å². The Balaban J connectivity index is 1.87. The van der Waals surface area contributed by atoms with Crippen molar-refractivity contribution in [2.75, 3.05) is 0 Å². The Kier molecular flexibility index (Phi) is 3.37. The van der Waals surface area contributed by atoms with Gasteiger partial charge in [-0.3, -0.25) is 4.68 Å². The van der Waals surface area contributed by atoms with Gasteiger partial charge in [0.2, 0.25) is 0 Å². The predicted molar refractivity (Wildman–Crippen MR) is 64.9 cm³/mol. The van der Waals surface area contributed by atoms with E-state index in [2.05, 4.69) is 40.9 Å². The predicted octanol–water partition coefficient (Wildman–Crippen LogP) is 2.02. The summed E-state index contributed by atoms with van der Waals surface area (Å²) in [5.41, 5.74) is 3.67. The molecule has 3 nitrogen and oxygen atoms in total. The molecule has 0 fully saturated rings. The van der Waals surface area contributed by atoms with Crippen molar-refractivity contribution in [2.45, 2.75) is 20.0 Å². The number of hydrogen-bond donors (Lipinski definition) is 1. The summed E-state index contributed by atoms with van der Waals surface area (Å²) in [7, 11) is 1.95. The summed E-state index contributed by atoms with van der Waals surface area (Å²) in [4.78, 5) is 0. The average molecular weight is 215 g/mol.